The SMILES string of the molecule is NC1CCC(CN2CCN(c3cccc4c3CCC4)CC2)CC1. The van der Waals surface area contributed by atoms with E-state index in [-0.39, 0.29) is 0 Å². The molecule has 0 bridgehead atoms. The first-order valence-electron chi connectivity index (χ1n) is 9.63. The highest BCUT2D eigenvalue weighted by molar-refractivity contribution is 5.58. The van der Waals surface area contributed by atoms with E-state index in [0.29, 0.717) is 6.04 Å². The molecule has 3 aliphatic rings. The lowest BCUT2D eigenvalue weighted by molar-refractivity contribution is 0.186. The van der Waals surface area contributed by atoms with Gasteiger partial charge in [0.05, 0.1) is 0 Å². The lowest BCUT2D eigenvalue weighted by Gasteiger charge is -2.39. The first-order chi connectivity index (χ1) is 11.3. The Balaban J connectivity index is 1.32. The summed E-state index contributed by atoms with van der Waals surface area (Å²) in [4.78, 5) is 5.33. The second-order valence-corrected chi connectivity index (χ2v) is 7.84. The van der Waals surface area contributed by atoms with Crippen molar-refractivity contribution in [2.24, 2.45) is 11.7 Å². The third-order valence-corrected chi connectivity index (χ3v) is 6.24. The third kappa shape index (κ3) is 3.41. The van der Waals surface area contributed by atoms with E-state index in [1.807, 2.05) is 0 Å². The number of benzene rings is 1. The number of hydrogen-bond acceptors (Lipinski definition) is 3. The van der Waals surface area contributed by atoms with E-state index in [1.54, 1.807) is 11.1 Å². The van der Waals surface area contributed by atoms with Gasteiger partial charge in [-0.2, -0.15) is 0 Å². The molecular formula is C20H31N3. The second-order valence-electron chi connectivity index (χ2n) is 7.84. The van der Waals surface area contributed by atoms with Crippen LogP contribution in [0.2, 0.25) is 0 Å². The molecule has 1 aliphatic heterocycles. The molecule has 0 atom stereocenters. The van der Waals surface area contributed by atoms with Gasteiger partial charge < -0.3 is 10.6 Å². The minimum atomic E-state index is 0.475. The Morgan fingerprint density at radius 3 is 2.52 bits per heavy atom. The minimum Gasteiger partial charge on any atom is -0.369 e. The Labute approximate surface area is 140 Å². The number of hydrogen-bond donors (Lipinski definition) is 1. The van der Waals surface area contributed by atoms with Gasteiger partial charge in [-0.3, -0.25) is 4.90 Å². The number of piperazine rings is 1. The van der Waals surface area contributed by atoms with Crippen LogP contribution in [0.3, 0.4) is 0 Å². The van der Waals surface area contributed by atoms with Gasteiger partial charge in [-0.25, -0.2) is 0 Å². The molecule has 23 heavy (non-hydrogen) atoms. The van der Waals surface area contributed by atoms with Crippen molar-refractivity contribution in [3.63, 3.8) is 0 Å². The number of anilines is 1. The summed E-state index contributed by atoms with van der Waals surface area (Å²) in [5.41, 5.74) is 10.8. The average Bonchev–Trinajstić information content (AvgIpc) is 3.06. The lowest BCUT2D eigenvalue weighted by Crippen LogP contribution is -2.48. The molecule has 0 unspecified atom stereocenters. The summed E-state index contributed by atoms with van der Waals surface area (Å²) in [5, 5.41) is 0. The standard InChI is InChI=1S/C20H31N3/c21-18-9-7-16(8-10-18)15-22-11-13-23(14-12-22)20-6-2-4-17-3-1-5-19(17)20/h2,4,6,16,18H,1,3,5,7-15,21H2. The molecule has 1 aromatic carbocycles. The van der Waals surface area contributed by atoms with Gasteiger partial charge in [0.25, 0.3) is 0 Å². The van der Waals surface area contributed by atoms with E-state index in [4.69, 9.17) is 5.73 Å². The molecule has 2 fully saturated rings. The van der Waals surface area contributed by atoms with Crippen LogP contribution in [0, 0.1) is 5.92 Å². The van der Waals surface area contributed by atoms with Gasteiger partial charge in [0.2, 0.25) is 0 Å². The topological polar surface area (TPSA) is 32.5 Å². The molecule has 1 heterocycles. The summed E-state index contributed by atoms with van der Waals surface area (Å²) in [7, 11) is 0. The first-order valence-corrected chi connectivity index (χ1v) is 9.63. The number of rotatable bonds is 3. The predicted octanol–water partition coefficient (Wildman–Crippen LogP) is 2.81. The molecule has 4 rings (SSSR count). The highest BCUT2D eigenvalue weighted by Gasteiger charge is 2.25. The maximum absolute atomic E-state index is 6.04. The molecule has 1 aromatic rings. The number of nitrogens with zero attached hydrogens (tertiary/aromatic N) is 2. The number of fused-ring (bicyclic) bond motifs is 1. The van der Waals surface area contributed by atoms with Crippen LogP contribution in [0.4, 0.5) is 5.69 Å². The summed E-state index contributed by atoms with van der Waals surface area (Å²) < 4.78 is 0. The highest BCUT2D eigenvalue weighted by atomic mass is 15.3. The molecule has 1 saturated carbocycles. The molecule has 2 N–H and O–H groups in total. The Hall–Kier alpha value is -1.06. The normalized spacial score (nSPS) is 28.8. The van der Waals surface area contributed by atoms with E-state index in [9.17, 15) is 0 Å². The van der Waals surface area contributed by atoms with E-state index in [2.05, 4.69) is 28.0 Å². The predicted molar refractivity (Wildman–Crippen MR) is 97.1 cm³/mol. The Bertz CT molecular complexity index is 526. The van der Waals surface area contributed by atoms with E-state index < -0.39 is 0 Å². The van der Waals surface area contributed by atoms with E-state index in [0.717, 1.165) is 5.92 Å². The zero-order chi connectivity index (χ0) is 15.6. The summed E-state index contributed by atoms with van der Waals surface area (Å²) in [6, 6.07) is 7.42. The summed E-state index contributed by atoms with van der Waals surface area (Å²) in [5.74, 6) is 0.891. The molecule has 3 heteroatoms. The van der Waals surface area contributed by atoms with Crippen molar-refractivity contribution < 1.29 is 0 Å². The van der Waals surface area contributed by atoms with Crippen molar-refractivity contribution in [3.8, 4) is 0 Å². The van der Waals surface area contributed by atoms with Crippen LogP contribution in [0.5, 0.6) is 0 Å². The molecular weight excluding hydrogens is 282 g/mol. The number of nitrogens with two attached hydrogens (primary N) is 1. The monoisotopic (exact) mass is 313 g/mol. The summed E-state index contributed by atoms with van der Waals surface area (Å²) in [6.07, 6.45) is 9.07. The van der Waals surface area contributed by atoms with Crippen molar-refractivity contribution in [2.45, 2.75) is 51.0 Å². The number of aryl methyl sites for hydroxylation is 1. The Morgan fingerprint density at radius 1 is 0.957 bits per heavy atom. The molecule has 1 saturated heterocycles. The van der Waals surface area contributed by atoms with Gasteiger partial charge in [0.1, 0.15) is 0 Å². The van der Waals surface area contributed by atoms with Crippen molar-refractivity contribution in [3.05, 3.63) is 29.3 Å². The summed E-state index contributed by atoms with van der Waals surface area (Å²) in [6.45, 7) is 6.15. The summed E-state index contributed by atoms with van der Waals surface area (Å²) >= 11 is 0. The van der Waals surface area contributed by atoms with Crippen LogP contribution in [-0.4, -0.2) is 43.7 Å². The molecule has 2 aliphatic carbocycles. The largest absolute Gasteiger partial charge is 0.369 e. The lowest BCUT2D eigenvalue weighted by atomic mass is 9.86. The van der Waals surface area contributed by atoms with Crippen LogP contribution in [0.15, 0.2) is 18.2 Å². The van der Waals surface area contributed by atoms with Crippen molar-refractivity contribution in [2.75, 3.05) is 37.6 Å². The van der Waals surface area contributed by atoms with Crippen LogP contribution in [0.1, 0.15) is 43.2 Å². The van der Waals surface area contributed by atoms with E-state index in [1.165, 1.54) is 83.4 Å². The fourth-order valence-electron chi connectivity index (χ4n) is 4.80. The van der Waals surface area contributed by atoms with Crippen molar-refractivity contribution in [1.29, 1.82) is 0 Å². The quantitative estimate of drug-likeness (QED) is 0.931. The maximum Gasteiger partial charge on any atom is 0.0402 e. The average molecular weight is 313 g/mol. The van der Waals surface area contributed by atoms with Crippen LogP contribution >= 0.6 is 0 Å². The fourth-order valence-corrected chi connectivity index (χ4v) is 4.80. The molecule has 0 aromatic heterocycles. The molecule has 3 nitrogen and oxygen atoms in total. The van der Waals surface area contributed by atoms with Gasteiger partial charge in [-0.15, -0.1) is 0 Å². The van der Waals surface area contributed by atoms with Crippen molar-refractivity contribution >= 4 is 5.69 Å². The van der Waals surface area contributed by atoms with Gasteiger partial charge in [0.15, 0.2) is 0 Å². The zero-order valence-electron chi connectivity index (χ0n) is 14.3. The third-order valence-electron chi connectivity index (χ3n) is 6.24. The Morgan fingerprint density at radius 2 is 1.74 bits per heavy atom. The van der Waals surface area contributed by atoms with Crippen LogP contribution in [0.25, 0.3) is 0 Å². The van der Waals surface area contributed by atoms with Crippen molar-refractivity contribution in [1.82, 2.24) is 4.90 Å². The molecule has 0 spiro atoms. The van der Waals surface area contributed by atoms with Gasteiger partial charge in [-0.05, 0) is 68.1 Å². The van der Waals surface area contributed by atoms with E-state index >= 15 is 0 Å². The Kier molecular flexibility index (Phi) is 4.59. The molecule has 126 valence electrons. The fraction of sp³-hybridized carbons (Fsp3) is 0.700. The van der Waals surface area contributed by atoms with Crippen LogP contribution in [-0.2, 0) is 12.8 Å². The maximum atomic E-state index is 6.04. The minimum absolute atomic E-state index is 0.475. The smallest absolute Gasteiger partial charge is 0.0402 e. The zero-order valence-corrected chi connectivity index (χ0v) is 14.3. The second kappa shape index (κ2) is 6.82. The molecule has 0 amide bonds. The van der Waals surface area contributed by atoms with Gasteiger partial charge in [0, 0.05) is 44.5 Å². The first kappa shape index (κ1) is 15.5. The van der Waals surface area contributed by atoms with Gasteiger partial charge >= 0.3 is 0 Å². The molecule has 0 radical (unpaired) electrons. The highest BCUT2D eigenvalue weighted by Crippen LogP contribution is 2.32. The van der Waals surface area contributed by atoms with Crippen LogP contribution < -0.4 is 10.6 Å². The van der Waals surface area contributed by atoms with Gasteiger partial charge in [-0.1, -0.05) is 12.1 Å².